The van der Waals surface area contributed by atoms with Crippen molar-refractivity contribution in [2.24, 2.45) is 0 Å². The number of hydrogen-bond donors (Lipinski definition) is 3. The number of pyridine rings is 1. The highest BCUT2D eigenvalue weighted by atomic mass is 19.1. The molecule has 14 heteroatoms. The second kappa shape index (κ2) is 14.5. The van der Waals surface area contributed by atoms with Crippen LogP contribution in [0.5, 0.6) is 0 Å². The number of piperazine rings is 1. The first-order valence-electron chi connectivity index (χ1n) is 18.4. The molecule has 278 valence electrons. The Bertz CT molecular complexity index is 2570. The Morgan fingerprint density at radius 2 is 1.76 bits per heavy atom. The molecule has 0 saturated carbocycles. The molecule has 0 spiro atoms. The summed E-state index contributed by atoms with van der Waals surface area (Å²) in [5, 5.41) is 7.40. The minimum atomic E-state index is -0.426. The Kier molecular flexibility index (Phi) is 9.04. The number of methoxy groups -OCH3 is 1. The molecule has 9 rings (SSSR count). The number of carbonyl (C=O) groups is 1. The first-order valence-corrected chi connectivity index (χ1v) is 18.4. The molecule has 6 heterocycles. The predicted molar refractivity (Wildman–Crippen MR) is 210 cm³/mol. The van der Waals surface area contributed by atoms with E-state index < -0.39 is 5.82 Å². The monoisotopic (exact) mass is 738 g/mol. The van der Waals surface area contributed by atoms with Crippen LogP contribution in [0.15, 0.2) is 96.1 Å². The average molecular weight is 739 g/mol. The van der Waals surface area contributed by atoms with E-state index in [4.69, 9.17) is 9.72 Å². The lowest BCUT2D eigenvalue weighted by atomic mass is 9.99. The minimum absolute atomic E-state index is 0.205. The van der Waals surface area contributed by atoms with Gasteiger partial charge in [-0.05, 0) is 71.6 Å². The zero-order chi connectivity index (χ0) is 37.5. The van der Waals surface area contributed by atoms with Gasteiger partial charge < -0.3 is 25.3 Å². The lowest BCUT2D eigenvalue weighted by molar-refractivity contribution is 0.0956. The van der Waals surface area contributed by atoms with Crippen molar-refractivity contribution >= 4 is 45.2 Å². The van der Waals surface area contributed by atoms with Crippen LogP contribution in [0, 0.1) is 5.82 Å². The standard InChI is InChI=1S/C41H39FN10O3/c1-55-21-20-51-40(54)33-24-45-41(48-38(33)52(51)35-4-2-3-14-43-35)46-29-9-11-30(12-10-29)50-18-16-49(17-19-50)25-26-5-7-27(8-6-26)37-31-13-15-44-39(53)32-22-28(42)23-34(47-37)36(31)32/h2-12,14,22-24,47H,13,15-21,25H2,1H3,(H,44,53)(H,45,46,48). The molecule has 1 saturated heterocycles. The molecule has 3 aromatic carbocycles. The number of hydrogen-bond acceptors (Lipinski definition) is 9. The Balaban J connectivity index is 0.842. The third kappa shape index (κ3) is 6.59. The molecular formula is C41H39FN10O3. The summed E-state index contributed by atoms with van der Waals surface area (Å²) in [5.41, 5.74) is 7.50. The number of carbonyl (C=O) groups excluding carboxylic acids is 1. The van der Waals surface area contributed by atoms with Gasteiger partial charge in [0.05, 0.1) is 18.7 Å². The largest absolute Gasteiger partial charge is 0.383 e. The molecule has 0 atom stereocenters. The number of aromatic amines is 1. The summed E-state index contributed by atoms with van der Waals surface area (Å²) in [6, 6.07) is 25.1. The maximum Gasteiger partial charge on any atom is 0.278 e. The molecular weight excluding hydrogens is 700 g/mol. The summed E-state index contributed by atoms with van der Waals surface area (Å²) in [5.74, 6) is 0.293. The van der Waals surface area contributed by atoms with Crippen molar-refractivity contribution in [3.8, 4) is 17.1 Å². The van der Waals surface area contributed by atoms with Gasteiger partial charge in [0, 0.05) is 86.7 Å². The SMILES string of the molecule is COCCn1c(=O)c2cnc(Nc3ccc(N4CCN(Cc5ccc(-c6[nH]c7cc(F)cc8c7c6CCNC8=O)cc5)CC4)cc3)nc2n1-c1ccccn1. The van der Waals surface area contributed by atoms with Crippen LogP contribution in [-0.4, -0.2) is 86.5 Å². The van der Waals surface area contributed by atoms with Crippen LogP contribution in [0.3, 0.4) is 0 Å². The number of aromatic nitrogens is 6. The maximum atomic E-state index is 14.3. The molecule has 1 fully saturated rings. The van der Waals surface area contributed by atoms with Crippen LogP contribution >= 0.6 is 0 Å². The summed E-state index contributed by atoms with van der Waals surface area (Å²) >= 11 is 0. The number of benzene rings is 3. The number of nitrogens with zero attached hydrogens (tertiary/aromatic N) is 7. The number of nitrogens with one attached hydrogen (secondary N) is 3. The highest BCUT2D eigenvalue weighted by Gasteiger charge is 2.24. The normalized spacial score (nSPS) is 14.7. The molecule has 7 aromatic rings. The summed E-state index contributed by atoms with van der Waals surface area (Å²) in [6.07, 6.45) is 3.91. The quantitative estimate of drug-likeness (QED) is 0.172. The van der Waals surface area contributed by atoms with E-state index in [1.807, 2.05) is 30.3 Å². The molecule has 4 aromatic heterocycles. The molecule has 0 bridgehead atoms. The Morgan fingerprint density at radius 3 is 2.53 bits per heavy atom. The van der Waals surface area contributed by atoms with Crippen LogP contribution in [0.2, 0.25) is 0 Å². The molecule has 55 heavy (non-hydrogen) atoms. The van der Waals surface area contributed by atoms with Gasteiger partial charge in [-0.25, -0.2) is 23.7 Å². The first kappa shape index (κ1) is 34.4. The summed E-state index contributed by atoms with van der Waals surface area (Å²) < 4.78 is 22.9. The van der Waals surface area contributed by atoms with Gasteiger partial charge in [0.25, 0.3) is 11.5 Å². The fraction of sp³-hybridized carbons (Fsp3) is 0.244. The number of rotatable bonds is 10. The fourth-order valence-corrected chi connectivity index (χ4v) is 7.70. The third-order valence-electron chi connectivity index (χ3n) is 10.4. The van der Waals surface area contributed by atoms with E-state index in [-0.39, 0.29) is 11.5 Å². The van der Waals surface area contributed by atoms with Gasteiger partial charge in [-0.15, -0.1) is 0 Å². The van der Waals surface area contributed by atoms with Crippen LogP contribution in [-0.2, 0) is 24.2 Å². The molecule has 3 N–H and O–H groups in total. The first-order chi connectivity index (χ1) is 26.9. The molecule has 0 unspecified atom stereocenters. The van der Waals surface area contributed by atoms with Crippen molar-refractivity contribution in [3.05, 3.63) is 124 Å². The van der Waals surface area contributed by atoms with Crippen LogP contribution in [0.25, 0.3) is 39.0 Å². The zero-order valence-electron chi connectivity index (χ0n) is 30.3. The van der Waals surface area contributed by atoms with Gasteiger partial charge in [0.1, 0.15) is 11.2 Å². The summed E-state index contributed by atoms with van der Waals surface area (Å²) in [4.78, 5) is 47.8. The Labute approximate surface area is 315 Å². The number of halogens is 1. The maximum absolute atomic E-state index is 14.3. The number of amides is 1. The second-order valence-corrected chi connectivity index (χ2v) is 13.8. The van der Waals surface area contributed by atoms with Gasteiger partial charge in [-0.2, -0.15) is 4.98 Å². The van der Waals surface area contributed by atoms with Gasteiger partial charge >= 0.3 is 0 Å². The van der Waals surface area contributed by atoms with Crippen molar-refractivity contribution in [1.82, 2.24) is 39.5 Å². The van der Waals surface area contributed by atoms with Crippen molar-refractivity contribution in [3.63, 3.8) is 0 Å². The lowest BCUT2D eigenvalue weighted by Gasteiger charge is -2.36. The highest BCUT2D eigenvalue weighted by Crippen LogP contribution is 2.35. The number of fused-ring (bicyclic) bond motifs is 1. The van der Waals surface area contributed by atoms with Crippen molar-refractivity contribution in [2.45, 2.75) is 19.5 Å². The molecule has 13 nitrogen and oxygen atoms in total. The molecule has 1 amide bonds. The van der Waals surface area contributed by atoms with Crippen molar-refractivity contribution in [1.29, 1.82) is 0 Å². The summed E-state index contributed by atoms with van der Waals surface area (Å²) in [6.45, 7) is 5.73. The molecule has 0 aliphatic carbocycles. The van der Waals surface area contributed by atoms with E-state index in [1.54, 1.807) is 28.9 Å². The van der Waals surface area contributed by atoms with Gasteiger partial charge in [0.15, 0.2) is 11.5 Å². The predicted octanol–water partition coefficient (Wildman–Crippen LogP) is 5.26. The Morgan fingerprint density at radius 1 is 0.945 bits per heavy atom. The number of H-pyrrole nitrogens is 1. The minimum Gasteiger partial charge on any atom is -0.383 e. The summed E-state index contributed by atoms with van der Waals surface area (Å²) in [7, 11) is 1.60. The van der Waals surface area contributed by atoms with E-state index in [2.05, 4.69) is 71.8 Å². The van der Waals surface area contributed by atoms with E-state index in [0.29, 0.717) is 60.0 Å². The lowest BCUT2D eigenvalue weighted by Crippen LogP contribution is -2.45. The van der Waals surface area contributed by atoms with Gasteiger partial charge in [-0.1, -0.05) is 30.3 Å². The van der Waals surface area contributed by atoms with Crippen LogP contribution in [0.4, 0.5) is 21.7 Å². The molecule has 2 aliphatic heterocycles. The van der Waals surface area contributed by atoms with E-state index in [9.17, 15) is 14.0 Å². The fourth-order valence-electron chi connectivity index (χ4n) is 7.70. The zero-order valence-corrected chi connectivity index (χ0v) is 30.3. The number of ether oxygens (including phenoxy) is 1. The van der Waals surface area contributed by atoms with E-state index in [1.165, 1.54) is 17.7 Å². The molecule has 0 radical (unpaired) electrons. The van der Waals surface area contributed by atoms with Crippen LogP contribution in [0.1, 0.15) is 21.5 Å². The average Bonchev–Trinajstić information content (AvgIpc) is 3.64. The number of anilines is 3. The van der Waals surface area contributed by atoms with Gasteiger partial charge in [0.2, 0.25) is 5.95 Å². The van der Waals surface area contributed by atoms with Crippen molar-refractivity contribution in [2.75, 3.05) is 56.7 Å². The van der Waals surface area contributed by atoms with E-state index in [0.717, 1.165) is 66.3 Å². The van der Waals surface area contributed by atoms with E-state index >= 15 is 0 Å². The second-order valence-electron chi connectivity index (χ2n) is 13.8. The highest BCUT2D eigenvalue weighted by molar-refractivity contribution is 6.10. The van der Waals surface area contributed by atoms with Crippen molar-refractivity contribution < 1.29 is 13.9 Å². The van der Waals surface area contributed by atoms with Gasteiger partial charge in [-0.3, -0.25) is 14.5 Å². The molecule has 2 aliphatic rings. The smallest absolute Gasteiger partial charge is 0.278 e. The topological polar surface area (TPSA) is 138 Å². The van der Waals surface area contributed by atoms with Crippen LogP contribution < -0.4 is 21.1 Å². The Hall–Kier alpha value is -6.38. The third-order valence-corrected chi connectivity index (χ3v) is 10.4.